The number of benzene rings is 3. The lowest BCUT2D eigenvalue weighted by Crippen LogP contribution is -2.29. The zero-order chi connectivity index (χ0) is 30.0. The van der Waals surface area contributed by atoms with Crippen LogP contribution in [-0.2, 0) is 11.3 Å². The Bertz CT molecular complexity index is 1560. The molecule has 0 bridgehead atoms. The van der Waals surface area contributed by atoms with E-state index in [9.17, 15) is 0 Å². The molecule has 3 aromatic carbocycles. The number of rotatable bonds is 7. The number of aromatic nitrogens is 4. The minimum Gasteiger partial charge on any atom is -0.261 e. The van der Waals surface area contributed by atoms with Gasteiger partial charge in [-0.15, -0.1) is 9.24 Å². The second kappa shape index (κ2) is 12.1. The highest BCUT2D eigenvalue weighted by atomic mass is 31.1. The molecule has 0 saturated carbocycles. The lowest BCUT2D eigenvalue weighted by atomic mass is 9.83. The molecule has 2 aromatic heterocycles. The monoisotopic (exact) mass is 590 g/mol. The molecule has 0 fully saturated rings. The lowest BCUT2D eigenvalue weighted by Gasteiger charge is -2.43. The standard InChI is InChI=1S/C36H40N4P2/c1-34(2,3)42(35(4,5)6)25-28-21-29(26-13-9-7-10-14-26)30(27-15-11-8-12-16-27)22-31(28)36(41,32-23-37-17-19-39-32)33-24-38-18-20-40-33/h7-24H,25,41H2,1-6H3. The molecule has 0 N–H and O–H groups in total. The number of hydrogen-bond acceptors (Lipinski definition) is 4. The minimum absolute atomic E-state index is 0.151. The molecular formula is C36H40N4P2. The number of hydrogen-bond donors (Lipinski definition) is 0. The molecule has 5 aromatic rings. The summed E-state index contributed by atoms with van der Waals surface area (Å²) in [7, 11) is 2.68. The predicted molar refractivity (Wildman–Crippen MR) is 181 cm³/mol. The SMILES string of the molecule is CC(C)(C)P(Cc1cc(-c2ccccc2)c(-c2ccccc2)cc1C(P)(c1cnccn1)c1cnccn1)C(C)(C)C. The van der Waals surface area contributed by atoms with Crippen LogP contribution in [0.4, 0.5) is 0 Å². The van der Waals surface area contributed by atoms with Gasteiger partial charge in [0.2, 0.25) is 0 Å². The van der Waals surface area contributed by atoms with Gasteiger partial charge in [-0.2, -0.15) is 0 Å². The molecule has 0 saturated heterocycles. The van der Waals surface area contributed by atoms with Crippen LogP contribution in [0, 0.1) is 0 Å². The van der Waals surface area contributed by atoms with E-state index in [-0.39, 0.29) is 10.3 Å². The van der Waals surface area contributed by atoms with Crippen LogP contribution in [0.5, 0.6) is 0 Å². The molecule has 1 unspecified atom stereocenters. The Morgan fingerprint density at radius 3 is 1.48 bits per heavy atom. The van der Waals surface area contributed by atoms with E-state index in [1.54, 1.807) is 24.8 Å². The molecule has 214 valence electrons. The highest BCUT2D eigenvalue weighted by Gasteiger charge is 2.40. The third-order valence-electron chi connectivity index (χ3n) is 7.72. The fraction of sp³-hybridized carbons (Fsp3) is 0.278. The molecule has 1 atom stereocenters. The largest absolute Gasteiger partial charge is 0.261 e. The Labute approximate surface area is 254 Å². The maximum atomic E-state index is 4.86. The van der Waals surface area contributed by atoms with Crippen molar-refractivity contribution in [2.75, 3.05) is 0 Å². The Hall–Kier alpha value is -3.32. The van der Waals surface area contributed by atoms with Crippen LogP contribution >= 0.6 is 17.2 Å². The summed E-state index contributed by atoms with van der Waals surface area (Å²) >= 11 is 0. The van der Waals surface area contributed by atoms with Gasteiger partial charge in [0.1, 0.15) is 0 Å². The van der Waals surface area contributed by atoms with Gasteiger partial charge in [0.15, 0.2) is 0 Å². The van der Waals surface area contributed by atoms with Crippen LogP contribution in [0.1, 0.15) is 64.1 Å². The lowest BCUT2D eigenvalue weighted by molar-refractivity contribution is 0.701. The number of nitrogens with zero attached hydrogens (tertiary/aromatic N) is 4. The summed E-state index contributed by atoms with van der Waals surface area (Å²) in [4.78, 5) is 18.7. The van der Waals surface area contributed by atoms with Crippen molar-refractivity contribution in [1.82, 2.24) is 19.9 Å². The molecule has 0 amide bonds. The van der Waals surface area contributed by atoms with Crippen molar-refractivity contribution >= 4 is 17.2 Å². The zero-order valence-electron chi connectivity index (χ0n) is 25.4. The van der Waals surface area contributed by atoms with Gasteiger partial charge in [-0.25, -0.2) is 0 Å². The smallest absolute Gasteiger partial charge is 0.0967 e. The van der Waals surface area contributed by atoms with Gasteiger partial charge in [-0.1, -0.05) is 110 Å². The van der Waals surface area contributed by atoms with E-state index in [0.717, 1.165) is 23.1 Å². The Balaban J connectivity index is 1.89. The van der Waals surface area contributed by atoms with Gasteiger partial charge in [0.25, 0.3) is 0 Å². The highest BCUT2D eigenvalue weighted by Crippen LogP contribution is 2.62. The van der Waals surface area contributed by atoms with Crippen molar-refractivity contribution in [2.45, 2.75) is 63.2 Å². The second-order valence-corrected chi connectivity index (χ2v) is 17.4. The first-order valence-corrected chi connectivity index (χ1v) is 16.5. The third-order valence-corrected chi connectivity index (χ3v) is 12.5. The average molecular weight is 591 g/mol. The summed E-state index contributed by atoms with van der Waals surface area (Å²) in [5.41, 5.74) is 8.87. The van der Waals surface area contributed by atoms with Gasteiger partial charge in [0, 0.05) is 24.8 Å². The molecule has 0 aliphatic rings. The summed E-state index contributed by atoms with van der Waals surface area (Å²) < 4.78 is 0. The van der Waals surface area contributed by atoms with Gasteiger partial charge < -0.3 is 0 Å². The van der Waals surface area contributed by atoms with Crippen molar-refractivity contribution < 1.29 is 0 Å². The quantitative estimate of drug-likeness (QED) is 0.177. The summed E-state index contributed by atoms with van der Waals surface area (Å²) in [5, 5.41) is -0.454. The normalized spacial score (nSPS) is 12.5. The van der Waals surface area contributed by atoms with E-state index in [2.05, 4.69) is 134 Å². The van der Waals surface area contributed by atoms with Crippen LogP contribution in [0.25, 0.3) is 22.3 Å². The van der Waals surface area contributed by atoms with Crippen LogP contribution in [0.15, 0.2) is 110 Å². The summed E-state index contributed by atoms with van der Waals surface area (Å²) in [5.74, 6) is 0. The van der Waals surface area contributed by atoms with Gasteiger partial charge >= 0.3 is 0 Å². The van der Waals surface area contributed by atoms with E-state index in [1.165, 1.54) is 27.8 Å². The highest BCUT2D eigenvalue weighted by molar-refractivity contribution is 7.60. The summed E-state index contributed by atoms with van der Waals surface area (Å²) in [6.45, 7) is 14.3. The first-order valence-electron chi connectivity index (χ1n) is 14.4. The van der Waals surface area contributed by atoms with E-state index in [1.807, 2.05) is 12.4 Å². The van der Waals surface area contributed by atoms with Crippen LogP contribution in [0.2, 0.25) is 0 Å². The molecule has 0 aliphatic carbocycles. The maximum Gasteiger partial charge on any atom is 0.0967 e. The maximum absolute atomic E-state index is 4.86. The molecule has 0 spiro atoms. The van der Waals surface area contributed by atoms with E-state index in [0.29, 0.717) is 0 Å². The topological polar surface area (TPSA) is 51.6 Å². The van der Waals surface area contributed by atoms with Crippen molar-refractivity contribution in [3.63, 3.8) is 0 Å². The van der Waals surface area contributed by atoms with Crippen molar-refractivity contribution in [3.05, 3.63) is 132 Å². The van der Waals surface area contributed by atoms with E-state index >= 15 is 0 Å². The first-order chi connectivity index (χ1) is 20.0. The molecular weight excluding hydrogens is 550 g/mol. The van der Waals surface area contributed by atoms with E-state index < -0.39 is 13.1 Å². The fourth-order valence-corrected chi connectivity index (χ4v) is 10.0. The summed E-state index contributed by atoms with van der Waals surface area (Å²) in [6, 6.07) is 26.2. The second-order valence-electron chi connectivity index (χ2n) is 12.7. The molecule has 0 aliphatic heterocycles. The average Bonchev–Trinajstić information content (AvgIpc) is 2.99. The van der Waals surface area contributed by atoms with Crippen molar-refractivity contribution in [1.29, 1.82) is 0 Å². The molecule has 0 radical (unpaired) electrons. The first kappa shape index (κ1) is 30.1. The third kappa shape index (κ3) is 6.22. The zero-order valence-corrected chi connectivity index (χ0v) is 27.5. The van der Waals surface area contributed by atoms with Crippen molar-refractivity contribution in [2.24, 2.45) is 0 Å². The predicted octanol–water partition coefficient (Wildman–Crippen LogP) is 9.35. The van der Waals surface area contributed by atoms with Crippen LogP contribution in [0.3, 0.4) is 0 Å². The van der Waals surface area contributed by atoms with Gasteiger partial charge in [-0.3, -0.25) is 19.9 Å². The molecule has 6 heteroatoms. The van der Waals surface area contributed by atoms with Crippen molar-refractivity contribution in [3.8, 4) is 22.3 Å². The Kier molecular flexibility index (Phi) is 8.70. The van der Waals surface area contributed by atoms with E-state index in [4.69, 9.17) is 9.97 Å². The molecule has 42 heavy (non-hydrogen) atoms. The van der Waals surface area contributed by atoms with Crippen LogP contribution in [-0.4, -0.2) is 30.2 Å². The van der Waals surface area contributed by atoms with Crippen LogP contribution < -0.4 is 0 Å². The Morgan fingerprint density at radius 1 is 0.619 bits per heavy atom. The minimum atomic E-state index is -0.757. The Morgan fingerprint density at radius 2 is 1.07 bits per heavy atom. The van der Waals surface area contributed by atoms with Gasteiger partial charge in [-0.05, 0) is 62.0 Å². The molecule has 4 nitrogen and oxygen atoms in total. The fourth-order valence-electron chi connectivity index (χ4n) is 5.92. The van der Waals surface area contributed by atoms with Gasteiger partial charge in [0.05, 0.1) is 28.9 Å². The summed E-state index contributed by atoms with van der Waals surface area (Å²) in [6.07, 6.45) is 11.6. The molecule has 2 heterocycles. The molecule has 5 rings (SSSR count).